The largest absolute Gasteiger partial charge is 0.480 e. The molecule has 0 aliphatic heterocycles. The molecule has 0 saturated heterocycles. The Balaban J connectivity index is 1.92. The fourth-order valence-corrected chi connectivity index (χ4v) is 3.32. The lowest BCUT2D eigenvalue weighted by Gasteiger charge is -2.19. The van der Waals surface area contributed by atoms with Gasteiger partial charge in [-0.1, -0.05) is 48.5 Å². The normalized spacial score (nSPS) is 14.7. The molecular formula is C20H18N2O3. The molecular weight excluding hydrogens is 316 g/mol. The van der Waals surface area contributed by atoms with Crippen molar-refractivity contribution in [2.45, 2.75) is 25.3 Å². The van der Waals surface area contributed by atoms with Gasteiger partial charge in [0.05, 0.1) is 12.0 Å². The monoisotopic (exact) mass is 334 g/mol. The highest BCUT2D eigenvalue weighted by atomic mass is 16.4. The Hall–Kier alpha value is -3.13. The fraction of sp³-hybridized carbons (Fsp3) is 0.250. The average molecular weight is 334 g/mol. The summed E-state index contributed by atoms with van der Waals surface area (Å²) in [7, 11) is 0. The summed E-state index contributed by atoms with van der Waals surface area (Å²) in [5, 5.41) is 20.9. The van der Waals surface area contributed by atoms with E-state index in [2.05, 4.69) is 5.32 Å². The number of nitriles is 1. The molecule has 3 rings (SSSR count). The lowest BCUT2D eigenvalue weighted by Crippen LogP contribution is -2.43. The highest BCUT2D eigenvalue weighted by molar-refractivity contribution is 5.97. The zero-order valence-corrected chi connectivity index (χ0v) is 13.8. The molecule has 1 aliphatic carbocycles. The highest BCUT2D eigenvalue weighted by Gasteiger charge is 2.35. The van der Waals surface area contributed by atoms with E-state index < -0.39 is 23.8 Å². The third-order valence-electron chi connectivity index (χ3n) is 4.52. The lowest BCUT2D eigenvalue weighted by atomic mass is 9.95. The van der Waals surface area contributed by atoms with Crippen LogP contribution in [0.5, 0.6) is 0 Å². The van der Waals surface area contributed by atoms with Crippen molar-refractivity contribution in [2.75, 3.05) is 0 Å². The van der Waals surface area contributed by atoms with Gasteiger partial charge in [-0.3, -0.25) is 4.79 Å². The Morgan fingerprint density at radius 3 is 2.12 bits per heavy atom. The molecule has 25 heavy (non-hydrogen) atoms. The van der Waals surface area contributed by atoms with Gasteiger partial charge in [-0.25, -0.2) is 4.79 Å². The zero-order valence-electron chi connectivity index (χ0n) is 13.8. The Labute approximate surface area is 145 Å². The van der Waals surface area contributed by atoms with Crippen LogP contribution in [0.3, 0.4) is 0 Å². The molecule has 2 atom stereocenters. The van der Waals surface area contributed by atoms with E-state index in [1.54, 1.807) is 6.92 Å². The van der Waals surface area contributed by atoms with Gasteiger partial charge in [0.1, 0.15) is 6.04 Å². The maximum Gasteiger partial charge on any atom is 0.326 e. The van der Waals surface area contributed by atoms with Crippen molar-refractivity contribution >= 4 is 11.9 Å². The molecule has 2 aromatic carbocycles. The number of aliphatic carboxylic acids is 1. The third-order valence-corrected chi connectivity index (χ3v) is 4.52. The molecule has 5 heteroatoms. The first-order chi connectivity index (χ1) is 12.0. The molecule has 0 bridgehead atoms. The van der Waals surface area contributed by atoms with Crippen molar-refractivity contribution in [2.24, 2.45) is 5.92 Å². The van der Waals surface area contributed by atoms with Crippen molar-refractivity contribution in [1.82, 2.24) is 5.32 Å². The first-order valence-electron chi connectivity index (χ1n) is 8.14. The second-order valence-corrected chi connectivity index (χ2v) is 6.27. The number of carbonyl (C=O) groups excluding carboxylic acids is 1. The molecule has 0 radical (unpaired) electrons. The number of carbonyl (C=O) groups is 2. The van der Waals surface area contributed by atoms with Crippen LogP contribution >= 0.6 is 0 Å². The van der Waals surface area contributed by atoms with Gasteiger partial charge in [-0.2, -0.15) is 5.26 Å². The summed E-state index contributed by atoms with van der Waals surface area (Å²) in [6.07, 6.45) is 0.0770. The summed E-state index contributed by atoms with van der Waals surface area (Å²) < 4.78 is 0. The van der Waals surface area contributed by atoms with Crippen LogP contribution in [0.2, 0.25) is 0 Å². The first-order valence-corrected chi connectivity index (χ1v) is 8.14. The maximum atomic E-state index is 12.9. The molecule has 1 aliphatic rings. The van der Waals surface area contributed by atoms with E-state index in [0.717, 1.165) is 22.3 Å². The van der Waals surface area contributed by atoms with Gasteiger partial charge in [-0.15, -0.1) is 0 Å². The number of carboxylic acid groups (broad SMARTS) is 1. The molecule has 0 fully saturated rings. The van der Waals surface area contributed by atoms with Crippen LogP contribution in [0.1, 0.15) is 30.4 Å². The van der Waals surface area contributed by atoms with Gasteiger partial charge < -0.3 is 10.4 Å². The van der Waals surface area contributed by atoms with Gasteiger partial charge >= 0.3 is 5.97 Å². The van der Waals surface area contributed by atoms with Crippen LogP contribution in [-0.4, -0.2) is 23.0 Å². The molecule has 1 amide bonds. The van der Waals surface area contributed by atoms with Gasteiger partial charge in [0.25, 0.3) is 0 Å². The second kappa shape index (κ2) is 6.78. The SMILES string of the molecule is C[C@H](C#N)C[C@H](NC(=O)C1c2ccccc2-c2ccccc21)C(=O)O. The summed E-state index contributed by atoms with van der Waals surface area (Å²) in [5.41, 5.74) is 3.74. The number of amides is 1. The molecule has 126 valence electrons. The number of hydrogen-bond acceptors (Lipinski definition) is 3. The maximum absolute atomic E-state index is 12.9. The molecule has 0 saturated carbocycles. The van der Waals surface area contributed by atoms with Crippen molar-refractivity contribution in [3.8, 4) is 17.2 Å². The summed E-state index contributed by atoms with van der Waals surface area (Å²) in [6.45, 7) is 1.64. The zero-order chi connectivity index (χ0) is 18.0. The summed E-state index contributed by atoms with van der Waals surface area (Å²) in [4.78, 5) is 24.4. The summed E-state index contributed by atoms with van der Waals surface area (Å²) >= 11 is 0. The van der Waals surface area contributed by atoms with Crippen LogP contribution in [-0.2, 0) is 9.59 Å². The predicted octanol–water partition coefficient (Wildman–Crippen LogP) is 2.92. The number of fused-ring (bicyclic) bond motifs is 3. The topological polar surface area (TPSA) is 90.2 Å². The van der Waals surface area contributed by atoms with E-state index in [1.165, 1.54) is 0 Å². The molecule has 0 unspecified atom stereocenters. The summed E-state index contributed by atoms with van der Waals surface area (Å²) in [5.74, 6) is -2.47. The lowest BCUT2D eigenvalue weighted by molar-refractivity contribution is -0.142. The number of hydrogen-bond donors (Lipinski definition) is 2. The molecule has 0 heterocycles. The Morgan fingerprint density at radius 2 is 1.64 bits per heavy atom. The smallest absolute Gasteiger partial charge is 0.326 e. The van der Waals surface area contributed by atoms with Gasteiger partial charge in [0.15, 0.2) is 0 Å². The van der Waals surface area contributed by atoms with Crippen molar-refractivity contribution < 1.29 is 14.7 Å². The molecule has 5 nitrogen and oxygen atoms in total. The van der Waals surface area contributed by atoms with Gasteiger partial charge in [-0.05, 0) is 35.6 Å². The van der Waals surface area contributed by atoms with Crippen LogP contribution in [0.15, 0.2) is 48.5 Å². The minimum Gasteiger partial charge on any atom is -0.480 e. The Kier molecular flexibility index (Phi) is 4.53. The number of rotatable bonds is 5. The van der Waals surface area contributed by atoms with E-state index in [0.29, 0.717) is 0 Å². The van der Waals surface area contributed by atoms with Crippen LogP contribution in [0.25, 0.3) is 11.1 Å². The van der Waals surface area contributed by atoms with E-state index in [1.807, 2.05) is 54.6 Å². The third kappa shape index (κ3) is 3.11. The molecule has 2 N–H and O–H groups in total. The van der Waals surface area contributed by atoms with E-state index >= 15 is 0 Å². The number of nitrogens with zero attached hydrogens (tertiary/aromatic N) is 1. The molecule has 2 aromatic rings. The quantitative estimate of drug-likeness (QED) is 0.879. The number of benzene rings is 2. The number of carboxylic acids is 1. The standard InChI is InChI=1S/C20H18N2O3/c1-12(11-21)10-17(20(24)25)22-19(23)18-15-8-4-2-6-13(15)14-7-3-5-9-16(14)18/h2-9,12,17-18H,10H2,1H3,(H,22,23)(H,24,25)/t12-,17-/m0/s1. The molecule has 0 spiro atoms. The van der Waals surface area contributed by atoms with Crippen LogP contribution in [0, 0.1) is 17.2 Å². The van der Waals surface area contributed by atoms with Crippen molar-refractivity contribution in [1.29, 1.82) is 5.26 Å². The highest BCUT2D eigenvalue weighted by Crippen LogP contribution is 2.44. The van der Waals surface area contributed by atoms with Crippen LogP contribution < -0.4 is 5.32 Å². The Morgan fingerprint density at radius 1 is 1.12 bits per heavy atom. The van der Waals surface area contributed by atoms with Gasteiger partial charge in [0, 0.05) is 5.92 Å². The molecule has 0 aromatic heterocycles. The van der Waals surface area contributed by atoms with Crippen molar-refractivity contribution in [3.63, 3.8) is 0 Å². The minimum atomic E-state index is -1.13. The minimum absolute atomic E-state index is 0.0770. The van der Waals surface area contributed by atoms with E-state index in [-0.39, 0.29) is 12.3 Å². The Bertz CT molecular complexity index is 824. The number of nitrogens with one attached hydrogen (secondary N) is 1. The van der Waals surface area contributed by atoms with E-state index in [9.17, 15) is 14.7 Å². The fourth-order valence-electron chi connectivity index (χ4n) is 3.32. The van der Waals surface area contributed by atoms with Gasteiger partial charge in [0.2, 0.25) is 5.91 Å². The van der Waals surface area contributed by atoms with Crippen molar-refractivity contribution in [3.05, 3.63) is 59.7 Å². The average Bonchev–Trinajstić information content (AvgIpc) is 2.95. The van der Waals surface area contributed by atoms with Crippen LogP contribution in [0.4, 0.5) is 0 Å². The van der Waals surface area contributed by atoms with E-state index in [4.69, 9.17) is 5.26 Å². The predicted molar refractivity (Wildman–Crippen MR) is 92.7 cm³/mol. The first kappa shape index (κ1) is 16.7. The summed E-state index contributed by atoms with van der Waals surface area (Å²) in [6, 6.07) is 16.2. The second-order valence-electron chi connectivity index (χ2n) is 6.27.